The van der Waals surface area contributed by atoms with E-state index in [-0.39, 0.29) is 49.9 Å². The van der Waals surface area contributed by atoms with Crippen molar-refractivity contribution in [1.29, 1.82) is 0 Å². The number of fused-ring (bicyclic) bond motifs is 8. The van der Waals surface area contributed by atoms with Gasteiger partial charge in [0.25, 0.3) is 0 Å². The third-order valence-electron chi connectivity index (χ3n) is 18.1. The number of Topliss-reactive ketones (excluding diaryl/α,β-unsaturated/α-hetero) is 1. The first-order chi connectivity index (χ1) is 38.4. The number of ketones is 1. The van der Waals surface area contributed by atoms with Gasteiger partial charge in [-0.25, -0.2) is 4.99 Å². The minimum Gasteiger partial charge on any atom is -0.660 e. The molecule has 83 heavy (non-hydrogen) atoms. The van der Waals surface area contributed by atoms with E-state index in [4.69, 9.17) is 20.0 Å². The minimum atomic E-state index is -0.794. The van der Waals surface area contributed by atoms with Crippen LogP contribution in [0.15, 0.2) is 124 Å². The van der Waals surface area contributed by atoms with E-state index in [0.717, 1.165) is 126 Å². The van der Waals surface area contributed by atoms with E-state index in [9.17, 15) is 0 Å². The van der Waals surface area contributed by atoms with Crippen molar-refractivity contribution in [2.75, 3.05) is 0 Å². The maximum atomic E-state index is 16.5. The number of aromatic nitrogens is 2. The maximum absolute atomic E-state index is 16.5. The van der Waals surface area contributed by atoms with Crippen LogP contribution in [0, 0.1) is 52.1 Å². The monoisotopic (exact) mass is 1140 g/mol. The molecule has 3 aliphatic heterocycles. The van der Waals surface area contributed by atoms with Crippen molar-refractivity contribution in [2.45, 2.75) is 158 Å². The second kappa shape index (κ2) is 18.8. The number of carbonyl (C=O) groups is 1. The van der Waals surface area contributed by atoms with Gasteiger partial charge >= 0.3 is 17.1 Å². The van der Waals surface area contributed by atoms with Crippen LogP contribution in [-0.4, -0.2) is 17.5 Å². The SMILES string of the molecule is Cc1cc(C)c(C2=C3C=c4c(/c(c5cc(C(C)(C)C)cc6cc(C(C)(C)C)cc(c4=O)c65)=c4/cc/c([n-]4)=C(\c4c(C)cc(C)cc4C)C4=NC(C=C4)C4C(=O)c5cc(C(C)(C)C)cc6cc(C(C)(C)C)cc(c56)-c5cc2[n-]c54)=N3)c(C)c1.[Cu+2]. The van der Waals surface area contributed by atoms with Crippen molar-refractivity contribution in [2.24, 2.45) is 9.98 Å². The Balaban J connectivity index is 0.00000680. The van der Waals surface area contributed by atoms with Gasteiger partial charge in [-0.2, -0.15) is 0 Å². The predicted octanol–water partition coefficient (Wildman–Crippen LogP) is 14.9. The Hall–Kier alpha value is -7.44. The van der Waals surface area contributed by atoms with E-state index in [0.29, 0.717) is 38.6 Å². The van der Waals surface area contributed by atoms with E-state index in [1.807, 2.05) is 6.08 Å². The molecular weight excluding hydrogens is 1060 g/mol. The van der Waals surface area contributed by atoms with Gasteiger partial charge in [-0.1, -0.05) is 173 Å². The summed E-state index contributed by atoms with van der Waals surface area (Å²) in [5.74, 6) is -0.801. The van der Waals surface area contributed by atoms with Crippen molar-refractivity contribution < 1.29 is 21.9 Å². The van der Waals surface area contributed by atoms with Gasteiger partial charge in [-0.15, -0.1) is 22.1 Å². The molecule has 2 atom stereocenters. The van der Waals surface area contributed by atoms with Crippen LogP contribution in [0.3, 0.4) is 0 Å². The molecule has 5 heterocycles. The van der Waals surface area contributed by atoms with Crippen molar-refractivity contribution in [3.8, 4) is 11.1 Å². The molecule has 1 aliphatic carbocycles. The summed E-state index contributed by atoms with van der Waals surface area (Å²) in [6, 6.07) is 32.9. The van der Waals surface area contributed by atoms with Gasteiger partial charge < -0.3 is 9.97 Å². The summed E-state index contributed by atoms with van der Waals surface area (Å²) in [4.78, 5) is 55.9. The molecule has 0 N–H and O–H groups in total. The third-order valence-corrected chi connectivity index (χ3v) is 18.1. The topological polar surface area (TPSA) is 87.1 Å². The molecule has 1 radical (unpaired) electrons. The van der Waals surface area contributed by atoms with Crippen LogP contribution < -0.4 is 31.3 Å². The molecule has 0 saturated carbocycles. The number of hydrogen-bond acceptors (Lipinski definition) is 4. The van der Waals surface area contributed by atoms with Crippen LogP contribution in [0.5, 0.6) is 0 Å². The summed E-state index contributed by atoms with van der Waals surface area (Å²) in [6.07, 6.45) is 6.29. The number of aryl methyl sites for hydroxylation is 6. The van der Waals surface area contributed by atoms with Crippen LogP contribution in [0.1, 0.15) is 178 Å². The van der Waals surface area contributed by atoms with Crippen LogP contribution in [-0.2, 0) is 38.7 Å². The van der Waals surface area contributed by atoms with Gasteiger partial charge in [-0.3, -0.25) is 14.6 Å². The van der Waals surface area contributed by atoms with Crippen molar-refractivity contribution in [1.82, 2.24) is 9.97 Å². The maximum Gasteiger partial charge on any atom is 2.00 e. The van der Waals surface area contributed by atoms with Crippen LogP contribution in [0.25, 0.3) is 60.7 Å². The Bertz CT molecular complexity index is 4830. The first kappa shape index (κ1) is 56.1. The van der Waals surface area contributed by atoms with Crippen LogP contribution in [0.2, 0.25) is 0 Å². The molecule has 0 fully saturated rings. The molecule has 9 aromatic rings. The molecule has 421 valence electrons. The number of aliphatic imine (C=N–C) groups is 1. The predicted molar refractivity (Wildman–Crippen MR) is 340 cm³/mol. The van der Waals surface area contributed by atoms with Gasteiger partial charge in [0.05, 0.1) is 33.9 Å². The average molecular weight is 1140 g/mol. The van der Waals surface area contributed by atoms with E-state index in [2.05, 4.69) is 228 Å². The molecular formula is C76H74CuN4O2. The average Bonchev–Trinajstić information content (AvgIpc) is 1.85. The number of hydrogen-bond donors (Lipinski definition) is 0. The largest absolute Gasteiger partial charge is 2.00 e. The first-order valence-electron chi connectivity index (χ1n) is 29.3. The van der Waals surface area contributed by atoms with Gasteiger partial charge in [0.1, 0.15) is 0 Å². The minimum absolute atomic E-state index is 0. The van der Waals surface area contributed by atoms with E-state index in [1.165, 1.54) is 11.1 Å². The van der Waals surface area contributed by atoms with E-state index < -0.39 is 12.0 Å². The second-order valence-electron chi connectivity index (χ2n) is 28.6. The number of rotatable bonds is 2. The fourth-order valence-corrected chi connectivity index (χ4v) is 13.9. The van der Waals surface area contributed by atoms with Gasteiger partial charge in [-0.05, 0) is 193 Å². The Labute approximate surface area is 498 Å². The molecule has 7 heteroatoms. The zero-order chi connectivity index (χ0) is 58.3. The Morgan fingerprint density at radius 1 is 0.506 bits per heavy atom. The Morgan fingerprint density at radius 3 is 1.55 bits per heavy atom. The quantitative estimate of drug-likeness (QED) is 0.161. The van der Waals surface area contributed by atoms with Crippen LogP contribution in [0.4, 0.5) is 0 Å². The van der Waals surface area contributed by atoms with Gasteiger partial charge in [0.2, 0.25) is 0 Å². The molecule has 2 unspecified atom stereocenters. The number of nitrogens with zero attached hydrogens (tertiary/aromatic N) is 4. The summed E-state index contributed by atoms with van der Waals surface area (Å²) in [5, 5.41) is 8.89. The molecule has 13 rings (SSSR count). The van der Waals surface area contributed by atoms with Crippen molar-refractivity contribution >= 4 is 61.0 Å². The molecule has 0 saturated heterocycles. The third kappa shape index (κ3) is 8.85. The smallest absolute Gasteiger partial charge is 0.660 e. The number of allylic oxidation sites excluding steroid dienone is 2. The molecule has 0 amide bonds. The zero-order valence-corrected chi connectivity index (χ0v) is 52.4. The van der Waals surface area contributed by atoms with Crippen molar-refractivity contribution in [3.63, 3.8) is 0 Å². The molecule has 7 aromatic carbocycles. The second-order valence-corrected chi connectivity index (χ2v) is 28.6. The molecule has 8 bridgehead atoms. The Kier molecular flexibility index (Phi) is 12.7. The zero-order valence-electron chi connectivity index (χ0n) is 51.5. The van der Waals surface area contributed by atoms with Gasteiger partial charge in [0.15, 0.2) is 11.2 Å². The molecule has 2 aromatic heterocycles. The van der Waals surface area contributed by atoms with E-state index >= 15 is 9.59 Å². The summed E-state index contributed by atoms with van der Waals surface area (Å²) in [7, 11) is 0. The summed E-state index contributed by atoms with van der Waals surface area (Å²) >= 11 is 0. The van der Waals surface area contributed by atoms with Crippen LogP contribution >= 0.6 is 0 Å². The van der Waals surface area contributed by atoms with E-state index in [1.54, 1.807) is 0 Å². The van der Waals surface area contributed by atoms with Gasteiger partial charge in [0, 0.05) is 21.7 Å². The fourth-order valence-electron chi connectivity index (χ4n) is 13.9. The number of carbonyl (C=O) groups excluding carboxylic acids is 1. The standard InChI is InChI=1S/C76H75N4O2.Cu/c1-37-23-39(3)61(40(4)24-37)66-56-20-19-55(77-56)65-51-32-46(74(10,11)12)29-44-30-47(75(13,14)15)33-52(64(44)51)71(81)54-36-60(80-70(54)65)67(62-41(5)25-38(2)26-42(62)6)59-35-50-49-31-45(73(7,8)9)27-43-28-48(76(16,17)18)34-53(63(43)49)72(82)68(69(50)79-59)58-22-21-57(66)78-58;/h19-36,58,68H,1-18H3,(H-,77,78,79,80,81);/q-1;+2/p-1. The summed E-state index contributed by atoms with van der Waals surface area (Å²) in [6.45, 7) is 39.8. The molecule has 4 aliphatic rings. The first-order valence-corrected chi connectivity index (χ1v) is 29.3. The molecule has 0 spiro atoms. The fraction of sp³-hybridized carbons (Fsp3) is 0.316. The number of benzene rings is 6. The summed E-state index contributed by atoms with van der Waals surface area (Å²) in [5.41, 5.74) is 19.3. The summed E-state index contributed by atoms with van der Waals surface area (Å²) < 4.78 is 0. The Morgan fingerprint density at radius 2 is 1.00 bits per heavy atom. The molecule has 6 nitrogen and oxygen atoms in total. The van der Waals surface area contributed by atoms with Crippen molar-refractivity contribution in [3.05, 3.63) is 229 Å². The normalized spacial score (nSPS) is 17.8.